The maximum Gasteiger partial charge on any atom is 0.146 e. The highest BCUT2D eigenvalue weighted by Crippen LogP contribution is 2.34. The lowest BCUT2D eigenvalue weighted by molar-refractivity contribution is 0.560. The molecule has 1 fully saturated rings. The van der Waals surface area contributed by atoms with E-state index < -0.39 is 0 Å². The molecule has 0 radical (unpaired) electrons. The van der Waals surface area contributed by atoms with E-state index in [9.17, 15) is 4.39 Å². The monoisotopic (exact) mass is 292 g/mol. The minimum atomic E-state index is -0.0688. The number of unbranched alkanes of at least 4 members (excludes halogenated alkanes) is 1. The van der Waals surface area contributed by atoms with E-state index in [-0.39, 0.29) is 11.9 Å². The maximum absolute atomic E-state index is 14.5. The molecule has 2 rings (SSSR count). The van der Waals surface area contributed by atoms with Gasteiger partial charge in [-0.2, -0.15) is 0 Å². The van der Waals surface area contributed by atoms with Gasteiger partial charge in [0.15, 0.2) is 0 Å². The topological polar surface area (TPSA) is 15.3 Å². The molecule has 0 heterocycles. The molecule has 1 aromatic rings. The standard InChI is InChI=1S/C18H29FN2/c1-4-6-12-21(16-8-9-16)18-10-7-15(13-17(18)19)14(3)20-11-5-2/h7,10,13-14,16,20H,4-6,8-9,11-12H2,1-3H3. The van der Waals surface area contributed by atoms with Crippen LogP contribution in [0.15, 0.2) is 18.2 Å². The van der Waals surface area contributed by atoms with Crippen LogP contribution in [0.5, 0.6) is 0 Å². The lowest BCUT2D eigenvalue weighted by atomic mass is 10.1. The van der Waals surface area contributed by atoms with Crippen LogP contribution in [0.1, 0.15) is 64.5 Å². The van der Waals surface area contributed by atoms with E-state index in [4.69, 9.17) is 0 Å². The molecule has 0 spiro atoms. The molecule has 1 atom stereocenters. The first-order chi connectivity index (χ1) is 10.2. The highest BCUT2D eigenvalue weighted by Gasteiger charge is 2.30. The third kappa shape index (κ3) is 4.44. The van der Waals surface area contributed by atoms with Gasteiger partial charge in [-0.15, -0.1) is 0 Å². The summed E-state index contributed by atoms with van der Waals surface area (Å²) >= 11 is 0. The normalized spacial score (nSPS) is 16.0. The third-order valence-electron chi connectivity index (χ3n) is 4.22. The van der Waals surface area contributed by atoms with Crippen LogP contribution in [0.25, 0.3) is 0 Å². The second-order valence-corrected chi connectivity index (χ2v) is 6.16. The highest BCUT2D eigenvalue weighted by molar-refractivity contribution is 5.51. The number of halogens is 1. The fourth-order valence-electron chi connectivity index (χ4n) is 2.72. The second kappa shape index (κ2) is 7.79. The first-order valence-electron chi connectivity index (χ1n) is 8.46. The molecule has 1 aliphatic rings. The third-order valence-corrected chi connectivity index (χ3v) is 4.22. The Bertz CT molecular complexity index is 443. The molecule has 0 saturated heterocycles. The molecular formula is C18H29FN2. The number of benzene rings is 1. The van der Waals surface area contributed by atoms with Gasteiger partial charge in [-0.1, -0.05) is 26.3 Å². The van der Waals surface area contributed by atoms with Crippen molar-refractivity contribution >= 4 is 5.69 Å². The van der Waals surface area contributed by atoms with E-state index in [1.54, 1.807) is 6.07 Å². The molecule has 1 unspecified atom stereocenters. The number of nitrogens with zero attached hydrogens (tertiary/aromatic N) is 1. The van der Waals surface area contributed by atoms with E-state index in [0.717, 1.165) is 43.6 Å². The quantitative estimate of drug-likeness (QED) is 0.712. The minimum absolute atomic E-state index is 0.0688. The SMILES string of the molecule is CCCCN(c1ccc(C(C)NCCC)cc1F)C1CC1. The fraction of sp³-hybridized carbons (Fsp3) is 0.667. The summed E-state index contributed by atoms with van der Waals surface area (Å²) in [6.07, 6.45) is 5.79. The summed E-state index contributed by atoms with van der Waals surface area (Å²) in [6, 6.07) is 6.53. The molecule has 1 aliphatic carbocycles. The van der Waals surface area contributed by atoms with Crippen LogP contribution >= 0.6 is 0 Å². The van der Waals surface area contributed by atoms with Crippen molar-refractivity contribution in [3.63, 3.8) is 0 Å². The van der Waals surface area contributed by atoms with Crippen LogP contribution in [0.2, 0.25) is 0 Å². The van der Waals surface area contributed by atoms with Gasteiger partial charge >= 0.3 is 0 Å². The fourth-order valence-corrected chi connectivity index (χ4v) is 2.72. The van der Waals surface area contributed by atoms with Gasteiger partial charge in [-0.05, 0) is 56.8 Å². The molecule has 2 nitrogen and oxygen atoms in total. The predicted molar refractivity (Wildman–Crippen MR) is 88.4 cm³/mol. The molecule has 118 valence electrons. The summed E-state index contributed by atoms with van der Waals surface area (Å²) in [6.45, 7) is 8.37. The van der Waals surface area contributed by atoms with E-state index in [2.05, 4.69) is 37.1 Å². The Morgan fingerprint density at radius 2 is 2.05 bits per heavy atom. The van der Waals surface area contributed by atoms with E-state index in [0.29, 0.717) is 6.04 Å². The lowest BCUT2D eigenvalue weighted by Crippen LogP contribution is -2.28. The van der Waals surface area contributed by atoms with Gasteiger partial charge < -0.3 is 10.2 Å². The molecule has 0 amide bonds. The van der Waals surface area contributed by atoms with E-state index in [1.807, 2.05) is 6.07 Å². The summed E-state index contributed by atoms with van der Waals surface area (Å²) in [5.74, 6) is -0.0688. The van der Waals surface area contributed by atoms with Gasteiger partial charge in [0.05, 0.1) is 5.69 Å². The van der Waals surface area contributed by atoms with Gasteiger partial charge in [0.2, 0.25) is 0 Å². The highest BCUT2D eigenvalue weighted by atomic mass is 19.1. The van der Waals surface area contributed by atoms with E-state index in [1.165, 1.54) is 12.8 Å². The van der Waals surface area contributed by atoms with Crippen LogP contribution in [-0.4, -0.2) is 19.1 Å². The van der Waals surface area contributed by atoms with Crippen molar-refractivity contribution < 1.29 is 4.39 Å². The molecule has 21 heavy (non-hydrogen) atoms. The number of hydrogen-bond donors (Lipinski definition) is 1. The van der Waals surface area contributed by atoms with Crippen LogP contribution in [0.4, 0.5) is 10.1 Å². The Hall–Kier alpha value is -1.09. The van der Waals surface area contributed by atoms with Crippen molar-refractivity contribution in [3.05, 3.63) is 29.6 Å². The van der Waals surface area contributed by atoms with Crippen LogP contribution in [0.3, 0.4) is 0 Å². The largest absolute Gasteiger partial charge is 0.366 e. The van der Waals surface area contributed by atoms with Crippen molar-refractivity contribution in [2.45, 2.75) is 65.0 Å². The predicted octanol–water partition coefficient (Wildman–Crippen LogP) is 4.66. The number of nitrogens with one attached hydrogen (secondary N) is 1. The Morgan fingerprint density at radius 1 is 1.29 bits per heavy atom. The smallest absolute Gasteiger partial charge is 0.146 e. The first-order valence-corrected chi connectivity index (χ1v) is 8.46. The van der Waals surface area contributed by atoms with Crippen LogP contribution < -0.4 is 10.2 Å². The average Bonchev–Trinajstić information content (AvgIpc) is 3.31. The molecule has 1 saturated carbocycles. The van der Waals surface area contributed by atoms with Crippen molar-refractivity contribution in [2.75, 3.05) is 18.0 Å². The molecule has 0 bridgehead atoms. The number of rotatable bonds is 9. The lowest BCUT2D eigenvalue weighted by Gasteiger charge is -2.26. The zero-order valence-corrected chi connectivity index (χ0v) is 13.7. The Balaban J connectivity index is 2.09. The van der Waals surface area contributed by atoms with Crippen molar-refractivity contribution in [2.24, 2.45) is 0 Å². The van der Waals surface area contributed by atoms with Gasteiger partial charge in [-0.3, -0.25) is 0 Å². The maximum atomic E-state index is 14.5. The summed E-state index contributed by atoms with van der Waals surface area (Å²) < 4.78 is 14.5. The minimum Gasteiger partial charge on any atom is -0.366 e. The molecule has 1 N–H and O–H groups in total. The van der Waals surface area contributed by atoms with Gasteiger partial charge in [-0.25, -0.2) is 4.39 Å². The Morgan fingerprint density at radius 3 is 2.62 bits per heavy atom. The van der Waals surface area contributed by atoms with Crippen LogP contribution in [-0.2, 0) is 0 Å². The zero-order valence-electron chi connectivity index (χ0n) is 13.7. The summed E-state index contributed by atoms with van der Waals surface area (Å²) in [5.41, 5.74) is 1.83. The summed E-state index contributed by atoms with van der Waals surface area (Å²) in [5, 5.41) is 3.41. The molecule has 3 heteroatoms. The van der Waals surface area contributed by atoms with Crippen molar-refractivity contribution in [1.29, 1.82) is 0 Å². The first kappa shape index (κ1) is 16.3. The zero-order chi connectivity index (χ0) is 15.2. The van der Waals surface area contributed by atoms with Gasteiger partial charge in [0.25, 0.3) is 0 Å². The molecular weight excluding hydrogens is 263 g/mol. The molecule has 1 aromatic carbocycles. The number of hydrogen-bond acceptors (Lipinski definition) is 2. The number of anilines is 1. The van der Waals surface area contributed by atoms with Gasteiger partial charge in [0.1, 0.15) is 5.82 Å². The molecule has 0 aliphatic heterocycles. The average molecular weight is 292 g/mol. The Labute approximate surface area is 128 Å². The van der Waals surface area contributed by atoms with Crippen LogP contribution in [0, 0.1) is 5.82 Å². The molecule has 0 aromatic heterocycles. The summed E-state index contributed by atoms with van der Waals surface area (Å²) in [4.78, 5) is 2.27. The summed E-state index contributed by atoms with van der Waals surface area (Å²) in [7, 11) is 0. The Kier molecular flexibility index (Phi) is 6.04. The van der Waals surface area contributed by atoms with Crippen molar-refractivity contribution in [1.82, 2.24) is 5.32 Å². The van der Waals surface area contributed by atoms with Gasteiger partial charge in [0, 0.05) is 18.6 Å². The van der Waals surface area contributed by atoms with Crippen molar-refractivity contribution in [3.8, 4) is 0 Å². The van der Waals surface area contributed by atoms with E-state index >= 15 is 0 Å². The second-order valence-electron chi connectivity index (χ2n) is 6.16.